The molecule has 5 saturated carbocycles. The van der Waals surface area contributed by atoms with Crippen molar-refractivity contribution in [3.05, 3.63) is 145 Å². The first-order valence-corrected chi connectivity index (χ1v) is 33.8. The molecule has 0 radical (unpaired) electrons. The number of fused-ring (bicyclic) bond motifs is 6. The van der Waals surface area contributed by atoms with Crippen molar-refractivity contribution in [2.45, 2.75) is 169 Å². The van der Waals surface area contributed by atoms with Crippen molar-refractivity contribution < 1.29 is 18.3 Å². The summed E-state index contributed by atoms with van der Waals surface area (Å²) in [5.74, 6) is 5.00. The average molecular weight is 1040 g/mol. The van der Waals surface area contributed by atoms with Crippen molar-refractivity contribution in [1.82, 2.24) is 0 Å². The van der Waals surface area contributed by atoms with Crippen LogP contribution >= 0.6 is 24.8 Å². The van der Waals surface area contributed by atoms with Crippen LogP contribution in [0.4, 0.5) is 0 Å². The predicted molar refractivity (Wildman–Crippen MR) is 301 cm³/mol. The molecule has 3 aromatic rings. The van der Waals surface area contributed by atoms with Gasteiger partial charge in [-0.3, -0.25) is 0 Å². The van der Waals surface area contributed by atoms with Crippen molar-refractivity contribution in [3.8, 4) is 0 Å². The van der Waals surface area contributed by atoms with Gasteiger partial charge in [-0.15, -0.1) is 24.8 Å². The first kappa shape index (κ1) is 51.6. The van der Waals surface area contributed by atoms with Crippen molar-refractivity contribution in [2.75, 3.05) is 0 Å². The fraction of sp³-hybridized carbons (Fsp3) is 0.561. The Morgan fingerprint density at radius 3 is 1.68 bits per heavy atom. The Morgan fingerprint density at radius 1 is 0.638 bits per heavy atom. The molecule has 5 fully saturated rings. The van der Waals surface area contributed by atoms with E-state index in [0.717, 1.165) is 36.5 Å². The van der Waals surface area contributed by atoms with Gasteiger partial charge < -0.3 is 0 Å². The fourth-order valence-corrected chi connectivity index (χ4v) is 40.6. The standard InChI is InChI=1S/C29H37.C16H21.2C10H13.CH2.2ClH.Zr/c1-18-25-22-17-19-13-9-10-14-20(19)24(22)21-15-11-12-16-23(21)29(25,8)28(6,7)27(4,5)26(18,2)3;1-10-2-3-13(4-10)16-14-6-11-5-12(8-14)9-15(16)7-11;2*1-10(2,3)9-7-5-4-6-8-9;;;;/h9-11,13-15,23H,12,16-17H2,1-8H3;3-4,10-12,14-16H,5-9H2,1H3;2*5-8H,1-3H3;1H2;2*1H;. The Kier molecular flexibility index (Phi) is 12.0. The van der Waals surface area contributed by atoms with E-state index in [1.807, 2.05) is 0 Å². The van der Waals surface area contributed by atoms with Gasteiger partial charge in [0.15, 0.2) is 0 Å². The van der Waals surface area contributed by atoms with Crippen LogP contribution in [0.1, 0.15) is 171 Å². The van der Waals surface area contributed by atoms with Gasteiger partial charge in [0.25, 0.3) is 0 Å². The minimum absolute atomic E-state index is 0. The van der Waals surface area contributed by atoms with E-state index in [2.05, 4.69) is 201 Å². The Hall–Kier alpha value is -2.31. The van der Waals surface area contributed by atoms with Gasteiger partial charge in [0, 0.05) is 0 Å². The van der Waals surface area contributed by atoms with Crippen LogP contribution in [0.2, 0.25) is 3.12 Å². The van der Waals surface area contributed by atoms with E-state index in [4.69, 9.17) is 4.21 Å². The summed E-state index contributed by atoms with van der Waals surface area (Å²) in [6.45, 7) is 39.1. The number of hydrogen-bond acceptors (Lipinski definition) is 0. The monoisotopic (exact) mass is 1040 g/mol. The number of halogens is 2. The third kappa shape index (κ3) is 6.30. The molecule has 0 N–H and O–H groups in total. The van der Waals surface area contributed by atoms with Crippen molar-refractivity contribution in [1.29, 1.82) is 0 Å². The first-order chi connectivity index (χ1) is 31.2. The Balaban J connectivity index is 0.00000296. The number of rotatable bonds is 5. The number of hydrogen-bond donors (Lipinski definition) is 0. The van der Waals surface area contributed by atoms with Gasteiger partial charge in [0.2, 0.25) is 0 Å². The summed E-state index contributed by atoms with van der Waals surface area (Å²) in [5, 5.41) is 0. The molecule has 9 aliphatic carbocycles. The quantitative estimate of drug-likeness (QED) is 0.239. The molecule has 3 aromatic carbocycles. The second kappa shape index (κ2) is 16.1. The molecule has 12 rings (SSSR count). The first-order valence-electron chi connectivity index (χ1n) is 27.1. The van der Waals surface area contributed by atoms with Gasteiger partial charge in [-0.1, -0.05) is 0 Å². The summed E-state index contributed by atoms with van der Waals surface area (Å²) >= 11 is -5.59. The Labute approximate surface area is 433 Å². The topological polar surface area (TPSA) is 0 Å². The summed E-state index contributed by atoms with van der Waals surface area (Å²) in [6, 6.07) is 30.5. The van der Waals surface area contributed by atoms with Crippen LogP contribution in [0.3, 0.4) is 0 Å². The van der Waals surface area contributed by atoms with Gasteiger partial charge in [-0.25, -0.2) is 0 Å². The van der Waals surface area contributed by atoms with Gasteiger partial charge in [0.1, 0.15) is 0 Å². The molecule has 0 nitrogen and oxygen atoms in total. The Morgan fingerprint density at radius 2 is 1.16 bits per heavy atom. The van der Waals surface area contributed by atoms with Crippen LogP contribution in [0.15, 0.2) is 123 Å². The predicted octanol–water partition coefficient (Wildman–Crippen LogP) is 17.3. The molecule has 3 heteroatoms. The van der Waals surface area contributed by atoms with E-state index in [0.29, 0.717) is 17.8 Å². The van der Waals surface area contributed by atoms with Crippen LogP contribution in [0.5, 0.6) is 0 Å². The van der Waals surface area contributed by atoms with E-state index < -0.39 is 18.3 Å². The zero-order valence-corrected chi connectivity index (χ0v) is 49.6. The maximum atomic E-state index is 6.57. The van der Waals surface area contributed by atoms with E-state index in [1.165, 1.54) is 60.8 Å². The van der Waals surface area contributed by atoms with E-state index >= 15 is 0 Å². The van der Waals surface area contributed by atoms with Gasteiger partial charge >= 0.3 is 412 Å². The van der Waals surface area contributed by atoms with Gasteiger partial charge in [0.05, 0.1) is 0 Å². The Bertz CT molecular complexity index is 2730. The van der Waals surface area contributed by atoms with Crippen molar-refractivity contribution in [3.63, 3.8) is 0 Å². The summed E-state index contributed by atoms with van der Waals surface area (Å²) in [5.41, 5.74) is 13.8. The molecule has 9 aliphatic rings. The summed E-state index contributed by atoms with van der Waals surface area (Å²) in [6.07, 6.45) is 21.5. The molecule has 0 aliphatic heterocycles. The van der Waals surface area contributed by atoms with Crippen LogP contribution < -0.4 is 6.54 Å². The van der Waals surface area contributed by atoms with Gasteiger partial charge in [-0.05, 0) is 0 Å². The maximum absolute atomic E-state index is 6.57. The molecular weight excluding hydrogens is 955 g/mol. The van der Waals surface area contributed by atoms with Gasteiger partial charge in [-0.2, -0.15) is 0 Å². The van der Waals surface area contributed by atoms with Crippen LogP contribution in [-0.4, -0.2) is 4.21 Å². The molecule has 0 spiro atoms. The molecule has 0 saturated heterocycles. The number of benzene rings is 3. The second-order valence-electron chi connectivity index (χ2n) is 28.4. The molecule has 370 valence electrons. The van der Waals surface area contributed by atoms with Crippen molar-refractivity contribution >= 4 is 41.1 Å². The molecule has 0 heterocycles. The zero-order chi connectivity index (χ0) is 47.9. The van der Waals surface area contributed by atoms with Crippen LogP contribution in [0, 0.1) is 63.1 Å². The average Bonchev–Trinajstić information content (AvgIpc) is 3.85. The molecule has 4 atom stereocenters. The molecule has 0 aromatic heterocycles. The zero-order valence-electron chi connectivity index (χ0n) is 45.5. The minimum atomic E-state index is -5.59. The summed E-state index contributed by atoms with van der Waals surface area (Å²) < 4.78 is 11.1. The molecule has 4 bridgehead atoms. The molecule has 0 amide bonds. The van der Waals surface area contributed by atoms with Crippen LogP contribution in [0.25, 0.3) is 5.57 Å². The number of allylic oxidation sites excluding steroid dienone is 10. The second-order valence-corrected chi connectivity index (χ2v) is 42.3. The molecule has 4 unspecified atom stereocenters. The van der Waals surface area contributed by atoms with E-state index in [-0.39, 0.29) is 60.4 Å². The molecular formula is C66H88Cl2Zr. The third-order valence-corrected chi connectivity index (χ3v) is 43.7. The summed E-state index contributed by atoms with van der Waals surface area (Å²) in [4.78, 5) is 0. The van der Waals surface area contributed by atoms with E-state index in [1.54, 1.807) is 37.7 Å². The fourth-order valence-electron chi connectivity index (χ4n) is 19.0. The van der Waals surface area contributed by atoms with Crippen LogP contribution in [-0.2, 0) is 35.5 Å². The molecule has 69 heavy (non-hydrogen) atoms. The normalized spacial score (nSPS) is 33.7. The van der Waals surface area contributed by atoms with E-state index in [9.17, 15) is 0 Å². The van der Waals surface area contributed by atoms with Crippen molar-refractivity contribution in [2.24, 2.45) is 63.1 Å². The SMILES string of the molecule is Cl.Cl.[CH2]=[Zr]([C]1=CC(C2C3CC4CC(C3)CC2C4)=CC1C)([c]1ccc(C(C)(C)C)cc1)([c]1ccc(C(C)(C)C)cc1)[C]1(C)C2=C3Cc4ccccc4C3=C3C=CCCC3C2(C)C(C)(C)C(C)(C)C1(C)C. The third-order valence-electron chi connectivity index (χ3n) is 23.6. The summed E-state index contributed by atoms with van der Waals surface area (Å²) in [7, 11) is 0.